The van der Waals surface area contributed by atoms with Crippen LogP contribution in [0.25, 0.3) is 11.1 Å². The summed E-state index contributed by atoms with van der Waals surface area (Å²) >= 11 is 0. The van der Waals surface area contributed by atoms with E-state index in [2.05, 4.69) is 10.5 Å². The van der Waals surface area contributed by atoms with Crippen molar-refractivity contribution in [2.24, 2.45) is 5.16 Å². The van der Waals surface area contributed by atoms with Gasteiger partial charge in [0.25, 0.3) is 0 Å². The molecule has 0 aliphatic rings. The Morgan fingerprint density at radius 1 is 1.03 bits per heavy atom. The fourth-order valence-electron chi connectivity index (χ4n) is 3.53. The number of hydrogen-bond acceptors (Lipinski definition) is 4. The average molecular weight is 485 g/mol. The Morgan fingerprint density at radius 3 is 2.31 bits per heavy atom. The van der Waals surface area contributed by atoms with Crippen molar-refractivity contribution in [2.75, 3.05) is 0 Å². The quantitative estimate of drug-likeness (QED) is 0.263. The summed E-state index contributed by atoms with van der Waals surface area (Å²) in [5.41, 5.74) is 2.64. The number of carboxylic acid groups (broad SMARTS) is 1. The van der Waals surface area contributed by atoms with Gasteiger partial charge in [-0.05, 0) is 47.7 Å². The zero-order valence-electron chi connectivity index (χ0n) is 19.5. The van der Waals surface area contributed by atoms with Crippen LogP contribution in [0.15, 0.2) is 78.0 Å². The van der Waals surface area contributed by atoms with E-state index in [-0.39, 0.29) is 24.6 Å². The van der Waals surface area contributed by atoms with Crippen LogP contribution < -0.4 is 5.32 Å². The number of rotatable bonds is 10. The number of aliphatic carboxylic acids is 1. The molecule has 35 heavy (non-hydrogen) atoms. The molecule has 3 aromatic carbocycles. The van der Waals surface area contributed by atoms with Crippen LogP contribution in [0.2, 0.25) is 0 Å². The average Bonchev–Trinajstić information content (AvgIpc) is 2.82. The van der Waals surface area contributed by atoms with Crippen molar-refractivity contribution < 1.29 is 27.9 Å². The van der Waals surface area contributed by atoms with E-state index in [0.717, 1.165) is 17.2 Å². The molecular formula is C27H27F3N2O3. The molecule has 3 aromatic rings. The molecule has 8 heteroatoms. The number of nitrogens with one attached hydrogen (secondary N) is 1. The highest BCUT2D eigenvalue weighted by Gasteiger charge is 2.34. The van der Waals surface area contributed by atoms with Gasteiger partial charge in [-0.1, -0.05) is 71.9 Å². The van der Waals surface area contributed by atoms with Gasteiger partial charge in [0.15, 0.2) is 0 Å². The molecule has 5 nitrogen and oxygen atoms in total. The maximum absolute atomic E-state index is 13.7. The minimum Gasteiger partial charge on any atom is -0.481 e. The van der Waals surface area contributed by atoms with Gasteiger partial charge in [-0.15, -0.1) is 0 Å². The summed E-state index contributed by atoms with van der Waals surface area (Å²) < 4.78 is 41.0. The molecule has 0 radical (unpaired) electrons. The molecule has 0 aromatic heterocycles. The Labute approximate surface area is 202 Å². The Morgan fingerprint density at radius 2 is 1.69 bits per heavy atom. The fourth-order valence-corrected chi connectivity index (χ4v) is 3.53. The smallest absolute Gasteiger partial charge is 0.417 e. The molecule has 0 bridgehead atoms. The monoisotopic (exact) mass is 484 g/mol. The van der Waals surface area contributed by atoms with Crippen LogP contribution in [0.5, 0.6) is 0 Å². The number of carboxylic acids is 1. The van der Waals surface area contributed by atoms with Crippen LogP contribution >= 0.6 is 0 Å². The van der Waals surface area contributed by atoms with Crippen LogP contribution in [0, 0.1) is 0 Å². The first-order valence-electron chi connectivity index (χ1n) is 11.1. The van der Waals surface area contributed by atoms with Crippen molar-refractivity contribution in [3.05, 3.63) is 95.1 Å². The minimum absolute atomic E-state index is 0.0423. The summed E-state index contributed by atoms with van der Waals surface area (Å²) in [6.07, 6.45) is -4.46. The molecule has 0 aliphatic carbocycles. The Bertz CT molecular complexity index is 1160. The number of nitrogens with zero attached hydrogens (tertiary/aromatic N) is 1. The standard InChI is InChI=1S/C27H27F3N2O3/c1-18(14-26(33)34)31-16-20-8-11-22(12-9-20)19(2)32-35-17-21-10-13-24(23-6-4-3-5-7-23)25(15-21)27(28,29)30/h3-13,15,18,31H,14,16-17H2,1-2H3,(H,33,34)/b32-19-. The highest BCUT2D eigenvalue weighted by molar-refractivity contribution is 5.98. The van der Waals surface area contributed by atoms with E-state index in [4.69, 9.17) is 9.94 Å². The van der Waals surface area contributed by atoms with E-state index in [1.54, 1.807) is 43.3 Å². The number of halogens is 3. The Kier molecular flexibility index (Phi) is 8.65. The lowest BCUT2D eigenvalue weighted by atomic mass is 9.97. The third-order valence-electron chi connectivity index (χ3n) is 5.41. The van der Waals surface area contributed by atoms with Gasteiger partial charge in [-0.25, -0.2) is 0 Å². The van der Waals surface area contributed by atoms with Crippen LogP contribution in [-0.4, -0.2) is 22.8 Å². The predicted octanol–water partition coefficient (Wildman–Crippen LogP) is 6.27. The lowest BCUT2D eigenvalue weighted by Gasteiger charge is -2.14. The maximum Gasteiger partial charge on any atom is 0.417 e. The van der Waals surface area contributed by atoms with E-state index in [1.165, 1.54) is 6.07 Å². The summed E-state index contributed by atoms with van der Waals surface area (Å²) in [5.74, 6) is -0.853. The molecule has 0 fully saturated rings. The molecule has 0 amide bonds. The number of oxime groups is 1. The largest absolute Gasteiger partial charge is 0.481 e. The van der Waals surface area contributed by atoms with Gasteiger partial charge < -0.3 is 15.3 Å². The zero-order valence-corrected chi connectivity index (χ0v) is 19.5. The Balaban J connectivity index is 1.63. The molecule has 3 rings (SSSR count). The lowest BCUT2D eigenvalue weighted by molar-refractivity contribution is -0.138. The first-order valence-corrected chi connectivity index (χ1v) is 11.1. The number of alkyl halides is 3. The summed E-state index contributed by atoms with van der Waals surface area (Å²) in [4.78, 5) is 16.1. The predicted molar refractivity (Wildman–Crippen MR) is 129 cm³/mol. The maximum atomic E-state index is 13.7. The normalized spacial score (nSPS) is 12.9. The molecule has 184 valence electrons. The second-order valence-electron chi connectivity index (χ2n) is 8.27. The van der Waals surface area contributed by atoms with E-state index in [1.807, 2.05) is 31.2 Å². The van der Waals surface area contributed by atoms with Gasteiger partial charge in [0, 0.05) is 12.6 Å². The van der Waals surface area contributed by atoms with Crippen LogP contribution in [-0.2, 0) is 29.0 Å². The lowest BCUT2D eigenvalue weighted by Crippen LogP contribution is -2.27. The molecule has 0 saturated heterocycles. The molecule has 0 heterocycles. The molecule has 0 aliphatic heterocycles. The van der Waals surface area contributed by atoms with Crippen molar-refractivity contribution in [2.45, 2.75) is 45.6 Å². The van der Waals surface area contributed by atoms with Gasteiger partial charge in [0.1, 0.15) is 6.61 Å². The molecule has 0 saturated carbocycles. The van der Waals surface area contributed by atoms with Gasteiger partial charge in [0.05, 0.1) is 17.7 Å². The van der Waals surface area contributed by atoms with Crippen molar-refractivity contribution in [1.82, 2.24) is 5.32 Å². The molecular weight excluding hydrogens is 457 g/mol. The third-order valence-corrected chi connectivity index (χ3v) is 5.41. The van der Waals surface area contributed by atoms with E-state index >= 15 is 0 Å². The van der Waals surface area contributed by atoms with Gasteiger partial charge in [0.2, 0.25) is 0 Å². The summed E-state index contributed by atoms with van der Waals surface area (Å²) in [7, 11) is 0. The molecule has 1 unspecified atom stereocenters. The van der Waals surface area contributed by atoms with Gasteiger partial charge in [-0.3, -0.25) is 4.79 Å². The van der Waals surface area contributed by atoms with Gasteiger partial charge in [-0.2, -0.15) is 13.2 Å². The van der Waals surface area contributed by atoms with Gasteiger partial charge >= 0.3 is 12.1 Å². The van der Waals surface area contributed by atoms with Crippen molar-refractivity contribution in [1.29, 1.82) is 0 Å². The highest BCUT2D eigenvalue weighted by Crippen LogP contribution is 2.37. The minimum atomic E-state index is -4.50. The number of benzene rings is 3. The first-order chi connectivity index (χ1) is 16.6. The van der Waals surface area contributed by atoms with Crippen molar-refractivity contribution >= 4 is 11.7 Å². The number of hydrogen-bond donors (Lipinski definition) is 2. The first kappa shape index (κ1) is 26.0. The molecule has 2 N–H and O–H groups in total. The van der Waals surface area contributed by atoms with Crippen LogP contribution in [0.3, 0.4) is 0 Å². The Hall–Kier alpha value is -3.65. The summed E-state index contributed by atoms with van der Waals surface area (Å²) in [5, 5.41) is 16.0. The van der Waals surface area contributed by atoms with Crippen molar-refractivity contribution in [3.8, 4) is 11.1 Å². The summed E-state index contributed by atoms with van der Waals surface area (Å²) in [6.45, 7) is 3.99. The van der Waals surface area contributed by atoms with E-state index < -0.39 is 17.7 Å². The molecule has 1 atom stereocenters. The fraction of sp³-hybridized carbons (Fsp3) is 0.259. The second kappa shape index (κ2) is 11.7. The summed E-state index contributed by atoms with van der Waals surface area (Å²) in [6, 6.07) is 20.0. The van der Waals surface area contributed by atoms with E-state index in [9.17, 15) is 18.0 Å². The number of carbonyl (C=O) groups is 1. The highest BCUT2D eigenvalue weighted by atomic mass is 19.4. The SMILES string of the molecule is C/C(=N/OCc1ccc(-c2ccccc2)c(C(F)(F)F)c1)c1ccc(CNC(C)CC(=O)O)cc1. The topological polar surface area (TPSA) is 70.9 Å². The van der Waals surface area contributed by atoms with E-state index in [0.29, 0.717) is 23.4 Å². The van der Waals surface area contributed by atoms with Crippen LogP contribution in [0.1, 0.15) is 42.5 Å². The van der Waals surface area contributed by atoms with Crippen LogP contribution in [0.4, 0.5) is 13.2 Å². The molecule has 0 spiro atoms. The second-order valence-corrected chi connectivity index (χ2v) is 8.27. The van der Waals surface area contributed by atoms with Crippen molar-refractivity contribution in [3.63, 3.8) is 0 Å². The zero-order chi connectivity index (χ0) is 25.4. The third kappa shape index (κ3) is 7.68.